The molecule has 1 fully saturated rings. The number of nitrogens with zero attached hydrogens (tertiary/aromatic N) is 1. The number of rotatable bonds is 0. The fourth-order valence-electron chi connectivity index (χ4n) is 5.05. The summed E-state index contributed by atoms with van der Waals surface area (Å²) in [6.45, 7) is 0. The summed E-state index contributed by atoms with van der Waals surface area (Å²) < 4.78 is 2.44. The molecule has 0 aliphatic heterocycles. The van der Waals surface area contributed by atoms with E-state index in [1.165, 1.54) is 53.9 Å². The molecule has 0 amide bonds. The van der Waals surface area contributed by atoms with Crippen LogP contribution in [-0.2, 0) is 13.5 Å². The Morgan fingerprint density at radius 1 is 0.952 bits per heavy atom. The molecule has 0 saturated heterocycles. The lowest BCUT2D eigenvalue weighted by Crippen LogP contribution is -2.13. The maximum Gasteiger partial charge on any atom is 0.0526 e. The third kappa shape index (κ3) is 1.47. The zero-order valence-corrected chi connectivity index (χ0v) is 12.6. The van der Waals surface area contributed by atoms with Crippen LogP contribution in [0.3, 0.4) is 0 Å². The Morgan fingerprint density at radius 3 is 2.76 bits per heavy atom. The van der Waals surface area contributed by atoms with Crippen LogP contribution in [0.2, 0.25) is 0 Å². The predicted octanol–water partition coefficient (Wildman–Crippen LogP) is 5.16. The number of hydrogen-bond acceptors (Lipinski definition) is 0. The monoisotopic (exact) mass is 275 g/mol. The zero-order valence-electron chi connectivity index (χ0n) is 12.6. The van der Waals surface area contributed by atoms with Gasteiger partial charge in [-0.05, 0) is 48.3 Å². The first-order valence-corrected chi connectivity index (χ1v) is 8.33. The molecular formula is C20H21N. The first-order chi connectivity index (χ1) is 10.3. The van der Waals surface area contributed by atoms with E-state index in [0.29, 0.717) is 0 Å². The van der Waals surface area contributed by atoms with Gasteiger partial charge in [-0.15, -0.1) is 0 Å². The maximum absolute atomic E-state index is 2.44. The minimum absolute atomic E-state index is 0.820. The Kier molecular flexibility index (Phi) is 2.33. The average Bonchev–Trinajstić information content (AvgIpc) is 3.04. The third-order valence-electron chi connectivity index (χ3n) is 5.96. The normalized spacial score (nSPS) is 24.4. The highest BCUT2D eigenvalue weighted by Gasteiger charge is 2.36. The van der Waals surface area contributed by atoms with Crippen LogP contribution in [-0.4, -0.2) is 4.57 Å². The van der Waals surface area contributed by atoms with Crippen molar-refractivity contribution in [2.45, 2.75) is 38.0 Å². The largest absolute Gasteiger partial charge is 0.343 e. The minimum Gasteiger partial charge on any atom is -0.343 e. The summed E-state index contributed by atoms with van der Waals surface area (Å²) in [5, 5.41) is 2.87. The summed E-state index contributed by atoms with van der Waals surface area (Å²) in [6, 6.07) is 13.6. The van der Waals surface area contributed by atoms with Crippen LogP contribution in [0.15, 0.2) is 36.4 Å². The van der Waals surface area contributed by atoms with Crippen LogP contribution in [0.25, 0.3) is 21.8 Å². The Hall–Kier alpha value is -1.76. The van der Waals surface area contributed by atoms with Gasteiger partial charge in [0, 0.05) is 23.3 Å². The van der Waals surface area contributed by atoms with E-state index in [1.807, 2.05) is 0 Å². The highest BCUT2D eigenvalue weighted by Crippen LogP contribution is 2.50. The summed E-state index contributed by atoms with van der Waals surface area (Å²) in [5.41, 5.74) is 6.21. The second kappa shape index (κ2) is 4.13. The van der Waals surface area contributed by atoms with Gasteiger partial charge in [0.15, 0.2) is 0 Å². The number of aryl methyl sites for hydroxylation is 1. The molecule has 0 bridgehead atoms. The first kappa shape index (κ1) is 11.9. The highest BCUT2D eigenvalue weighted by molar-refractivity contribution is 6.09. The van der Waals surface area contributed by atoms with Crippen molar-refractivity contribution >= 4 is 21.8 Å². The van der Waals surface area contributed by atoms with Crippen molar-refractivity contribution in [1.29, 1.82) is 0 Å². The lowest BCUT2D eigenvalue weighted by Gasteiger charge is -2.26. The van der Waals surface area contributed by atoms with E-state index in [-0.39, 0.29) is 0 Å². The van der Waals surface area contributed by atoms with Crippen LogP contribution < -0.4 is 0 Å². The fourth-order valence-corrected chi connectivity index (χ4v) is 5.05. The molecule has 1 saturated carbocycles. The molecule has 2 aliphatic carbocycles. The van der Waals surface area contributed by atoms with Crippen molar-refractivity contribution < 1.29 is 0 Å². The molecule has 5 rings (SSSR count). The van der Waals surface area contributed by atoms with Crippen LogP contribution in [0, 0.1) is 5.92 Å². The Balaban J connectivity index is 1.89. The van der Waals surface area contributed by atoms with E-state index < -0.39 is 0 Å². The summed E-state index contributed by atoms with van der Waals surface area (Å²) in [4.78, 5) is 0. The lowest BCUT2D eigenvalue weighted by atomic mass is 9.79. The van der Waals surface area contributed by atoms with Crippen molar-refractivity contribution in [3.05, 3.63) is 47.5 Å². The van der Waals surface area contributed by atoms with Gasteiger partial charge >= 0.3 is 0 Å². The van der Waals surface area contributed by atoms with E-state index in [4.69, 9.17) is 0 Å². The quantitative estimate of drug-likeness (QED) is 0.534. The summed E-state index contributed by atoms with van der Waals surface area (Å²) in [7, 11) is 2.25. The van der Waals surface area contributed by atoms with E-state index >= 15 is 0 Å². The van der Waals surface area contributed by atoms with Gasteiger partial charge in [0.05, 0.1) is 5.52 Å². The predicted molar refractivity (Wildman–Crippen MR) is 88.8 cm³/mol. The smallest absolute Gasteiger partial charge is 0.0526 e. The summed E-state index contributed by atoms with van der Waals surface area (Å²) >= 11 is 0. The Labute approximate surface area is 125 Å². The molecule has 1 aromatic heterocycles. The van der Waals surface area contributed by atoms with E-state index in [9.17, 15) is 0 Å². The van der Waals surface area contributed by atoms with E-state index in [0.717, 1.165) is 11.8 Å². The first-order valence-electron chi connectivity index (χ1n) is 8.33. The van der Waals surface area contributed by atoms with Crippen molar-refractivity contribution in [3.63, 3.8) is 0 Å². The molecule has 1 heteroatoms. The molecule has 2 aromatic carbocycles. The van der Waals surface area contributed by atoms with Gasteiger partial charge in [-0.3, -0.25) is 0 Å². The molecule has 106 valence electrons. The van der Waals surface area contributed by atoms with E-state index in [1.54, 1.807) is 11.1 Å². The second-order valence-electron chi connectivity index (χ2n) is 6.97. The molecule has 1 unspecified atom stereocenters. The van der Waals surface area contributed by atoms with Gasteiger partial charge in [0.1, 0.15) is 0 Å². The summed E-state index contributed by atoms with van der Waals surface area (Å²) in [6.07, 6.45) is 7.01. The van der Waals surface area contributed by atoms with Crippen molar-refractivity contribution in [3.8, 4) is 0 Å². The Morgan fingerprint density at radius 2 is 1.81 bits per heavy atom. The van der Waals surface area contributed by atoms with Crippen molar-refractivity contribution in [1.82, 2.24) is 4.57 Å². The highest BCUT2D eigenvalue weighted by atomic mass is 14.9. The van der Waals surface area contributed by atoms with Gasteiger partial charge < -0.3 is 4.57 Å². The van der Waals surface area contributed by atoms with Crippen LogP contribution in [0.4, 0.5) is 0 Å². The second-order valence-corrected chi connectivity index (χ2v) is 6.97. The standard InChI is InChI=1S/C20H21N/c1-21-18-9-5-4-8-16(18)17-11-10-14-12-13-6-2-3-7-15(13)19(14)20(17)21/h4-5,8-11,13,15H,2-3,6-7,12H2,1H3/t13?,15-/m0/s1. The number of benzene rings is 2. The topological polar surface area (TPSA) is 4.93 Å². The van der Waals surface area contributed by atoms with Crippen molar-refractivity contribution in [2.24, 2.45) is 13.0 Å². The molecular weight excluding hydrogens is 254 g/mol. The maximum atomic E-state index is 2.44. The molecule has 3 aromatic rings. The number of hydrogen-bond donors (Lipinski definition) is 0. The molecule has 0 N–H and O–H groups in total. The van der Waals surface area contributed by atoms with Gasteiger partial charge in [-0.2, -0.15) is 0 Å². The van der Waals surface area contributed by atoms with Gasteiger partial charge in [0.2, 0.25) is 0 Å². The molecule has 1 nitrogen and oxygen atoms in total. The van der Waals surface area contributed by atoms with Crippen LogP contribution in [0.5, 0.6) is 0 Å². The Bertz CT molecular complexity index is 855. The number of para-hydroxylation sites is 1. The third-order valence-corrected chi connectivity index (χ3v) is 5.96. The number of aromatic nitrogens is 1. The molecule has 0 radical (unpaired) electrons. The van der Waals surface area contributed by atoms with Gasteiger partial charge in [-0.1, -0.05) is 43.2 Å². The SMILES string of the molecule is Cn1c2ccccc2c2ccc3c(c21)[C@H]1CCCCC1C3. The molecule has 2 atom stereocenters. The van der Waals surface area contributed by atoms with Crippen LogP contribution in [0.1, 0.15) is 42.7 Å². The zero-order chi connectivity index (χ0) is 14.0. The number of fused-ring (bicyclic) bond motifs is 7. The average molecular weight is 275 g/mol. The summed E-state index contributed by atoms with van der Waals surface area (Å²) in [5.74, 6) is 1.73. The fraction of sp³-hybridized carbons (Fsp3) is 0.400. The molecule has 0 spiro atoms. The van der Waals surface area contributed by atoms with Gasteiger partial charge in [0.25, 0.3) is 0 Å². The van der Waals surface area contributed by atoms with Crippen molar-refractivity contribution in [2.75, 3.05) is 0 Å². The van der Waals surface area contributed by atoms with Crippen LogP contribution >= 0.6 is 0 Å². The lowest BCUT2D eigenvalue weighted by molar-refractivity contribution is 0.331. The van der Waals surface area contributed by atoms with E-state index in [2.05, 4.69) is 48.0 Å². The molecule has 2 aliphatic rings. The molecule has 21 heavy (non-hydrogen) atoms. The molecule has 1 heterocycles. The van der Waals surface area contributed by atoms with Gasteiger partial charge in [-0.25, -0.2) is 0 Å². The minimum atomic E-state index is 0.820.